The van der Waals surface area contributed by atoms with Crippen molar-refractivity contribution in [2.45, 2.75) is 13.0 Å². The summed E-state index contributed by atoms with van der Waals surface area (Å²) in [6.45, 7) is 1.98. The van der Waals surface area contributed by atoms with E-state index < -0.39 is 0 Å². The molecule has 0 aliphatic heterocycles. The highest BCUT2D eigenvalue weighted by atomic mass is 16.5. The van der Waals surface area contributed by atoms with Gasteiger partial charge in [0.2, 0.25) is 17.7 Å². The summed E-state index contributed by atoms with van der Waals surface area (Å²) in [7, 11) is 3.10. The van der Waals surface area contributed by atoms with Gasteiger partial charge in [0.25, 0.3) is 0 Å². The summed E-state index contributed by atoms with van der Waals surface area (Å²) in [6.07, 6.45) is 1.75. The van der Waals surface area contributed by atoms with E-state index in [0.717, 1.165) is 5.69 Å². The highest BCUT2D eigenvalue weighted by Crippen LogP contribution is 2.20. The maximum absolute atomic E-state index is 5.10. The number of nitrogens with zero attached hydrogens (tertiary/aromatic N) is 3. The molecule has 1 atom stereocenters. The van der Waals surface area contributed by atoms with Gasteiger partial charge in [-0.2, -0.15) is 9.97 Å². The van der Waals surface area contributed by atoms with Crippen molar-refractivity contribution in [2.24, 2.45) is 0 Å². The first-order chi connectivity index (χ1) is 9.22. The fraction of sp³-hybridized carbons (Fsp3) is 0.308. The third-order valence-electron chi connectivity index (χ3n) is 2.57. The lowest BCUT2D eigenvalue weighted by Gasteiger charge is -2.14. The van der Waals surface area contributed by atoms with Crippen LogP contribution in [0.5, 0.6) is 11.8 Å². The number of rotatable bonds is 5. The molecule has 0 aromatic carbocycles. The standard InChI is InChI=1S/C13H16N4O2/c1-9(10-6-4-5-7-14-10)15-13-16-11(18-2)8-12(17-13)19-3/h4-9H,1-3H3,(H,15,16,17). The molecule has 0 fully saturated rings. The van der Waals surface area contributed by atoms with Gasteiger partial charge in [-0.15, -0.1) is 0 Å². The first-order valence-corrected chi connectivity index (χ1v) is 5.87. The molecule has 0 amide bonds. The van der Waals surface area contributed by atoms with Gasteiger partial charge in [-0.3, -0.25) is 4.98 Å². The average Bonchev–Trinajstić information content (AvgIpc) is 2.47. The fourth-order valence-corrected chi connectivity index (χ4v) is 1.58. The Balaban J connectivity index is 2.18. The largest absolute Gasteiger partial charge is 0.481 e. The maximum atomic E-state index is 5.10. The van der Waals surface area contributed by atoms with Crippen molar-refractivity contribution in [1.29, 1.82) is 0 Å². The SMILES string of the molecule is COc1cc(OC)nc(NC(C)c2ccccn2)n1. The van der Waals surface area contributed by atoms with Crippen molar-refractivity contribution in [1.82, 2.24) is 15.0 Å². The van der Waals surface area contributed by atoms with Crippen LogP contribution in [-0.2, 0) is 0 Å². The van der Waals surface area contributed by atoms with E-state index in [-0.39, 0.29) is 6.04 Å². The zero-order valence-corrected chi connectivity index (χ0v) is 11.1. The molecule has 2 aromatic heterocycles. The van der Waals surface area contributed by atoms with Crippen molar-refractivity contribution >= 4 is 5.95 Å². The van der Waals surface area contributed by atoms with Gasteiger partial charge in [0.1, 0.15) is 0 Å². The summed E-state index contributed by atoms with van der Waals surface area (Å²) >= 11 is 0. The summed E-state index contributed by atoms with van der Waals surface area (Å²) in [4.78, 5) is 12.7. The van der Waals surface area contributed by atoms with E-state index in [1.807, 2.05) is 25.1 Å². The Morgan fingerprint density at radius 1 is 1.11 bits per heavy atom. The van der Waals surface area contributed by atoms with E-state index in [0.29, 0.717) is 17.7 Å². The molecule has 0 radical (unpaired) electrons. The van der Waals surface area contributed by atoms with Crippen LogP contribution in [0.2, 0.25) is 0 Å². The molecular formula is C13H16N4O2. The second-order valence-corrected chi connectivity index (χ2v) is 3.90. The van der Waals surface area contributed by atoms with Crippen molar-refractivity contribution in [3.63, 3.8) is 0 Å². The van der Waals surface area contributed by atoms with Crippen LogP contribution in [0.1, 0.15) is 18.7 Å². The topological polar surface area (TPSA) is 69.2 Å². The second kappa shape index (κ2) is 5.99. The van der Waals surface area contributed by atoms with Gasteiger partial charge < -0.3 is 14.8 Å². The number of methoxy groups -OCH3 is 2. The summed E-state index contributed by atoms with van der Waals surface area (Å²) in [5, 5.41) is 3.16. The van der Waals surface area contributed by atoms with Gasteiger partial charge in [-0.25, -0.2) is 0 Å². The summed E-state index contributed by atoms with van der Waals surface area (Å²) < 4.78 is 10.2. The van der Waals surface area contributed by atoms with E-state index in [1.165, 1.54) is 0 Å². The average molecular weight is 260 g/mol. The van der Waals surface area contributed by atoms with Gasteiger partial charge >= 0.3 is 0 Å². The molecule has 19 heavy (non-hydrogen) atoms. The molecule has 1 N–H and O–H groups in total. The molecule has 1 unspecified atom stereocenters. The molecule has 0 bridgehead atoms. The fourth-order valence-electron chi connectivity index (χ4n) is 1.58. The van der Waals surface area contributed by atoms with E-state index in [1.54, 1.807) is 26.5 Å². The molecule has 0 aliphatic rings. The van der Waals surface area contributed by atoms with Gasteiger partial charge in [0.05, 0.1) is 32.0 Å². The molecule has 2 rings (SSSR count). The molecule has 0 spiro atoms. The lowest BCUT2D eigenvalue weighted by atomic mass is 10.2. The number of hydrogen-bond acceptors (Lipinski definition) is 6. The monoisotopic (exact) mass is 260 g/mol. The van der Waals surface area contributed by atoms with E-state index in [4.69, 9.17) is 9.47 Å². The molecule has 6 heteroatoms. The van der Waals surface area contributed by atoms with E-state index in [2.05, 4.69) is 20.3 Å². The molecule has 6 nitrogen and oxygen atoms in total. The van der Waals surface area contributed by atoms with Crippen LogP contribution in [0.3, 0.4) is 0 Å². The number of ether oxygens (including phenoxy) is 2. The van der Waals surface area contributed by atoms with Crippen molar-refractivity contribution in [3.8, 4) is 11.8 Å². The highest BCUT2D eigenvalue weighted by Gasteiger charge is 2.10. The van der Waals surface area contributed by atoms with Crippen LogP contribution >= 0.6 is 0 Å². The first-order valence-electron chi connectivity index (χ1n) is 5.87. The summed E-state index contributed by atoms with van der Waals surface area (Å²) in [6, 6.07) is 7.36. The Bertz CT molecular complexity index is 511. The number of nitrogens with one attached hydrogen (secondary N) is 1. The lowest BCUT2D eigenvalue weighted by molar-refractivity contribution is 0.372. The molecule has 2 aromatic rings. The normalized spacial score (nSPS) is 11.7. The molecule has 0 saturated carbocycles. The minimum absolute atomic E-state index is 0.0157. The predicted molar refractivity (Wildman–Crippen MR) is 71.4 cm³/mol. The summed E-state index contributed by atoms with van der Waals surface area (Å²) in [5.74, 6) is 1.33. The Kier molecular flexibility index (Phi) is 4.12. The molecule has 0 aliphatic carbocycles. The Morgan fingerprint density at radius 3 is 2.32 bits per heavy atom. The van der Waals surface area contributed by atoms with Crippen molar-refractivity contribution < 1.29 is 9.47 Å². The highest BCUT2D eigenvalue weighted by molar-refractivity contribution is 5.35. The lowest BCUT2D eigenvalue weighted by Crippen LogP contribution is -2.11. The predicted octanol–water partition coefficient (Wildman–Crippen LogP) is 2.06. The van der Waals surface area contributed by atoms with Gasteiger partial charge in [0.15, 0.2) is 0 Å². The minimum atomic E-state index is -0.0157. The summed E-state index contributed by atoms with van der Waals surface area (Å²) in [5.41, 5.74) is 0.910. The van der Waals surface area contributed by atoms with Crippen LogP contribution < -0.4 is 14.8 Å². The zero-order valence-electron chi connectivity index (χ0n) is 11.1. The van der Waals surface area contributed by atoms with Gasteiger partial charge in [0, 0.05) is 6.20 Å². The Labute approximate surface area is 111 Å². The third-order valence-corrected chi connectivity index (χ3v) is 2.57. The van der Waals surface area contributed by atoms with Crippen molar-refractivity contribution in [2.75, 3.05) is 19.5 Å². The quantitative estimate of drug-likeness (QED) is 0.887. The van der Waals surface area contributed by atoms with Crippen LogP contribution in [0.15, 0.2) is 30.5 Å². The Hall–Kier alpha value is -2.37. The molecule has 100 valence electrons. The molecular weight excluding hydrogens is 244 g/mol. The minimum Gasteiger partial charge on any atom is -0.481 e. The van der Waals surface area contributed by atoms with Crippen molar-refractivity contribution in [3.05, 3.63) is 36.2 Å². The van der Waals surface area contributed by atoms with E-state index >= 15 is 0 Å². The number of aromatic nitrogens is 3. The zero-order chi connectivity index (χ0) is 13.7. The molecule has 0 saturated heterocycles. The van der Waals surface area contributed by atoms with Gasteiger partial charge in [-0.1, -0.05) is 6.07 Å². The first kappa shape index (κ1) is 13.1. The maximum Gasteiger partial charge on any atom is 0.229 e. The van der Waals surface area contributed by atoms with Gasteiger partial charge in [-0.05, 0) is 19.1 Å². The number of anilines is 1. The number of hydrogen-bond donors (Lipinski definition) is 1. The van der Waals surface area contributed by atoms with Crippen LogP contribution in [0, 0.1) is 0 Å². The smallest absolute Gasteiger partial charge is 0.229 e. The van der Waals surface area contributed by atoms with Crippen LogP contribution in [0.25, 0.3) is 0 Å². The van der Waals surface area contributed by atoms with Crippen LogP contribution in [0.4, 0.5) is 5.95 Å². The molecule has 2 heterocycles. The number of pyridine rings is 1. The van der Waals surface area contributed by atoms with Crippen LogP contribution in [-0.4, -0.2) is 29.2 Å². The third kappa shape index (κ3) is 3.31. The Morgan fingerprint density at radius 2 is 1.79 bits per heavy atom. The van der Waals surface area contributed by atoms with E-state index in [9.17, 15) is 0 Å². The second-order valence-electron chi connectivity index (χ2n) is 3.90.